The molecule has 1 N–H and O–H groups in total. The number of anilines is 1. The van der Waals surface area contributed by atoms with Crippen LogP contribution >= 0.6 is 0 Å². The van der Waals surface area contributed by atoms with Crippen LogP contribution in [0.1, 0.15) is 18.0 Å². The zero-order valence-corrected chi connectivity index (χ0v) is 14.8. The molecule has 0 radical (unpaired) electrons. The first kappa shape index (κ1) is 16.7. The van der Waals surface area contributed by atoms with Gasteiger partial charge >= 0.3 is 0 Å². The lowest BCUT2D eigenvalue weighted by Gasteiger charge is -2.27. The maximum Gasteiger partial charge on any atom is 0.175 e. The summed E-state index contributed by atoms with van der Waals surface area (Å²) >= 11 is 0. The number of hydrogen-bond acceptors (Lipinski definition) is 6. The molecule has 1 atom stereocenters. The molecule has 4 rings (SSSR count). The second-order valence-electron chi connectivity index (χ2n) is 6.19. The van der Waals surface area contributed by atoms with Crippen molar-refractivity contribution in [3.8, 4) is 5.75 Å². The Morgan fingerprint density at radius 3 is 2.85 bits per heavy atom. The fourth-order valence-corrected chi connectivity index (χ4v) is 3.71. The van der Waals surface area contributed by atoms with Crippen molar-refractivity contribution in [1.82, 2.24) is 9.97 Å². The molecule has 0 aliphatic carbocycles. The molecule has 3 aromatic rings. The average Bonchev–Trinajstić information content (AvgIpc) is 2.61. The van der Waals surface area contributed by atoms with Crippen molar-refractivity contribution in [2.45, 2.75) is 17.4 Å². The Hall–Kier alpha value is -2.74. The molecule has 26 heavy (non-hydrogen) atoms. The van der Waals surface area contributed by atoms with E-state index in [1.165, 1.54) is 24.5 Å². The standard InChI is InChI=1S/C18H16FN3O3S/c1-26(23,24)12-3-4-15-14(9-12)18(21-10-20-15)22-16-6-7-25-17-5-2-11(19)8-13(16)17/h2-5,8-10,16H,6-7H2,1H3,(H,20,21,22)/t16-/m0/s1. The van der Waals surface area contributed by atoms with Gasteiger partial charge in [0.1, 0.15) is 23.7 Å². The third kappa shape index (κ3) is 3.08. The smallest absolute Gasteiger partial charge is 0.175 e. The number of hydrogen-bond donors (Lipinski definition) is 1. The molecule has 2 aromatic carbocycles. The Morgan fingerprint density at radius 2 is 2.04 bits per heavy atom. The molecule has 0 fully saturated rings. The molecule has 1 aromatic heterocycles. The monoisotopic (exact) mass is 373 g/mol. The number of rotatable bonds is 3. The van der Waals surface area contributed by atoms with Crippen molar-refractivity contribution in [2.24, 2.45) is 0 Å². The molecule has 0 saturated carbocycles. The summed E-state index contributed by atoms with van der Waals surface area (Å²) < 4.78 is 43.0. The fraction of sp³-hybridized carbons (Fsp3) is 0.222. The number of aromatic nitrogens is 2. The van der Waals surface area contributed by atoms with Crippen LogP contribution < -0.4 is 10.1 Å². The fourth-order valence-electron chi connectivity index (χ4n) is 3.06. The summed E-state index contributed by atoms with van der Waals surface area (Å²) in [5, 5.41) is 3.89. The second kappa shape index (κ2) is 6.21. The molecule has 8 heteroatoms. The van der Waals surface area contributed by atoms with Crippen molar-refractivity contribution < 1.29 is 17.5 Å². The molecule has 134 valence electrons. The molecule has 0 saturated heterocycles. The molecular formula is C18H16FN3O3S. The number of halogens is 1. The number of nitrogens with zero attached hydrogens (tertiary/aromatic N) is 2. The number of sulfone groups is 1. The number of fused-ring (bicyclic) bond motifs is 2. The highest BCUT2D eigenvalue weighted by Crippen LogP contribution is 2.35. The Balaban J connectivity index is 1.78. The van der Waals surface area contributed by atoms with Crippen LogP contribution in [0.5, 0.6) is 5.75 Å². The van der Waals surface area contributed by atoms with Crippen LogP contribution in [0, 0.1) is 5.82 Å². The molecule has 0 spiro atoms. The zero-order valence-electron chi connectivity index (χ0n) is 13.9. The van der Waals surface area contributed by atoms with Crippen molar-refractivity contribution in [3.05, 3.63) is 54.1 Å². The van der Waals surface area contributed by atoms with Crippen LogP contribution in [-0.2, 0) is 9.84 Å². The van der Waals surface area contributed by atoms with E-state index in [0.717, 1.165) is 6.26 Å². The van der Waals surface area contributed by atoms with Gasteiger partial charge in [0.05, 0.1) is 23.1 Å². The molecule has 1 aliphatic rings. The summed E-state index contributed by atoms with van der Waals surface area (Å²) in [5.41, 5.74) is 1.34. The van der Waals surface area contributed by atoms with E-state index in [1.807, 2.05) is 0 Å². The lowest BCUT2D eigenvalue weighted by atomic mass is 10.00. The van der Waals surface area contributed by atoms with E-state index >= 15 is 0 Å². The van der Waals surface area contributed by atoms with Gasteiger partial charge in [-0.05, 0) is 36.4 Å². The van der Waals surface area contributed by atoms with Crippen LogP contribution in [0.4, 0.5) is 10.2 Å². The molecule has 2 heterocycles. The minimum atomic E-state index is -3.35. The highest BCUT2D eigenvalue weighted by atomic mass is 32.2. The Bertz CT molecular complexity index is 1100. The summed E-state index contributed by atoms with van der Waals surface area (Å²) in [6.45, 7) is 0.494. The first-order chi connectivity index (χ1) is 12.4. The number of ether oxygens (including phenoxy) is 1. The van der Waals surface area contributed by atoms with Crippen LogP contribution in [-0.4, -0.2) is 31.2 Å². The van der Waals surface area contributed by atoms with Crippen LogP contribution in [0.25, 0.3) is 10.9 Å². The highest BCUT2D eigenvalue weighted by molar-refractivity contribution is 7.90. The van der Waals surface area contributed by atoms with Crippen LogP contribution in [0.3, 0.4) is 0 Å². The van der Waals surface area contributed by atoms with Gasteiger partial charge in [-0.1, -0.05) is 0 Å². The summed E-state index contributed by atoms with van der Waals surface area (Å²) in [6.07, 6.45) is 3.20. The topological polar surface area (TPSA) is 81.2 Å². The molecule has 0 unspecified atom stereocenters. The van der Waals surface area contributed by atoms with E-state index in [-0.39, 0.29) is 16.8 Å². The van der Waals surface area contributed by atoms with Crippen molar-refractivity contribution in [3.63, 3.8) is 0 Å². The summed E-state index contributed by atoms with van der Waals surface area (Å²) in [6, 6.07) is 8.94. The van der Waals surface area contributed by atoms with Gasteiger partial charge in [-0.15, -0.1) is 0 Å². The highest BCUT2D eigenvalue weighted by Gasteiger charge is 2.23. The number of benzene rings is 2. The van der Waals surface area contributed by atoms with E-state index in [0.29, 0.717) is 41.1 Å². The minimum absolute atomic E-state index is 0.196. The van der Waals surface area contributed by atoms with Gasteiger partial charge in [-0.3, -0.25) is 0 Å². The quantitative estimate of drug-likeness (QED) is 0.760. The van der Waals surface area contributed by atoms with E-state index in [1.54, 1.807) is 18.2 Å². The maximum atomic E-state index is 13.7. The van der Waals surface area contributed by atoms with E-state index < -0.39 is 9.84 Å². The second-order valence-corrected chi connectivity index (χ2v) is 8.21. The molecule has 6 nitrogen and oxygen atoms in total. The lowest BCUT2D eigenvalue weighted by Crippen LogP contribution is -2.21. The first-order valence-electron chi connectivity index (χ1n) is 8.05. The van der Waals surface area contributed by atoms with E-state index in [2.05, 4.69) is 15.3 Å². The lowest BCUT2D eigenvalue weighted by molar-refractivity contribution is 0.273. The maximum absolute atomic E-state index is 13.7. The van der Waals surface area contributed by atoms with Crippen molar-refractivity contribution >= 4 is 26.6 Å². The normalized spacial score (nSPS) is 16.8. The zero-order chi connectivity index (χ0) is 18.3. The first-order valence-corrected chi connectivity index (χ1v) is 9.94. The van der Waals surface area contributed by atoms with Gasteiger partial charge in [0.25, 0.3) is 0 Å². The van der Waals surface area contributed by atoms with Gasteiger partial charge in [-0.2, -0.15) is 0 Å². The van der Waals surface area contributed by atoms with Crippen LogP contribution in [0.2, 0.25) is 0 Å². The Kier molecular flexibility index (Phi) is 3.99. The Labute approximate surface area is 150 Å². The minimum Gasteiger partial charge on any atom is -0.493 e. The van der Waals surface area contributed by atoms with E-state index in [4.69, 9.17) is 4.74 Å². The van der Waals surface area contributed by atoms with Crippen molar-refractivity contribution in [1.29, 1.82) is 0 Å². The molecule has 0 bridgehead atoms. The largest absolute Gasteiger partial charge is 0.493 e. The van der Waals surface area contributed by atoms with Gasteiger partial charge in [0, 0.05) is 23.6 Å². The third-order valence-electron chi connectivity index (χ3n) is 4.36. The predicted octanol–water partition coefficient (Wildman–Crippen LogP) is 3.11. The molecular weight excluding hydrogens is 357 g/mol. The number of nitrogens with one attached hydrogen (secondary N) is 1. The summed E-state index contributed by atoms with van der Waals surface area (Å²) in [4.78, 5) is 8.65. The van der Waals surface area contributed by atoms with E-state index in [9.17, 15) is 12.8 Å². The van der Waals surface area contributed by atoms with Gasteiger partial charge in [-0.25, -0.2) is 22.8 Å². The summed E-state index contributed by atoms with van der Waals surface area (Å²) in [7, 11) is -3.35. The average molecular weight is 373 g/mol. The third-order valence-corrected chi connectivity index (χ3v) is 5.47. The van der Waals surface area contributed by atoms with Gasteiger partial charge in [0.2, 0.25) is 0 Å². The SMILES string of the molecule is CS(=O)(=O)c1ccc2ncnc(N[C@H]3CCOc4ccc(F)cc43)c2c1. The molecule has 1 aliphatic heterocycles. The Morgan fingerprint density at radius 1 is 1.19 bits per heavy atom. The predicted molar refractivity (Wildman–Crippen MR) is 95.5 cm³/mol. The van der Waals surface area contributed by atoms with Gasteiger partial charge in [0.15, 0.2) is 9.84 Å². The summed E-state index contributed by atoms with van der Waals surface area (Å²) in [5.74, 6) is 0.793. The van der Waals surface area contributed by atoms with Crippen molar-refractivity contribution in [2.75, 3.05) is 18.2 Å². The molecule has 0 amide bonds. The van der Waals surface area contributed by atoms with Crippen LogP contribution in [0.15, 0.2) is 47.6 Å². The van der Waals surface area contributed by atoms with Gasteiger partial charge < -0.3 is 10.1 Å².